The fourth-order valence-electron chi connectivity index (χ4n) is 1.32. The number of aromatic hydroxyl groups is 1. The van der Waals surface area contributed by atoms with E-state index in [1.54, 1.807) is 12.1 Å². The van der Waals surface area contributed by atoms with Crippen LogP contribution in [0.25, 0.3) is 11.0 Å². The van der Waals surface area contributed by atoms with Crippen molar-refractivity contribution in [1.29, 1.82) is 0 Å². The highest BCUT2D eigenvalue weighted by Crippen LogP contribution is 2.34. The molecule has 0 saturated heterocycles. The van der Waals surface area contributed by atoms with Crippen molar-refractivity contribution in [1.82, 2.24) is 0 Å². The lowest BCUT2D eigenvalue weighted by molar-refractivity contribution is 0.343. The molecule has 1 N–H and O–H groups in total. The van der Waals surface area contributed by atoms with Gasteiger partial charge in [0.15, 0.2) is 5.75 Å². The minimum absolute atomic E-state index is 0.124. The Balaban J connectivity index is 2.65. The lowest BCUT2D eigenvalue weighted by atomic mass is 10.2. The monoisotopic (exact) mass is 178 g/mol. The van der Waals surface area contributed by atoms with E-state index in [-0.39, 0.29) is 5.75 Å². The second-order valence-electron chi connectivity index (χ2n) is 2.68. The molecule has 3 nitrogen and oxygen atoms in total. The Hall–Kier alpha value is -1.64. The van der Waals surface area contributed by atoms with Gasteiger partial charge in [-0.3, -0.25) is 0 Å². The molecule has 0 aliphatic heterocycles. The zero-order valence-corrected chi connectivity index (χ0v) is 7.28. The fourth-order valence-corrected chi connectivity index (χ4v) is 1.32. The maximum atomic E-state index is 9.44. The Morgan fingerprint density at radius 2 is 2.31 bits per heavy atom. The van der Waals surface area contributed by atoms with Crippen LogP contribution < -0.4 is 4.74 Å². The number of hydrogen-bond acceptors (Lipinski definition) is 3. The van der Waals surface area contributed by atoms with Crippen LogP contribution in [-0.4, -0.2) is 11.7 Å². The van der Waals surface area contributed by atoms with Crippen LogP contribution in [0.1, 0.15) is 6.92 Å². The fraction of sp³-hybridized carbons (Fsp3) is 0.200. The smallest absolute Gasteiger partial charge is 0.165 e. The number of hydrogen-bond donors (Lipinski definition) is 1. The quantitative estimate of drug-likeness (QED) is 0.768. The van der Waals surface area contributed by atoms with Crippen LogP contribution in [0.3, 0.4) is 0 Å². The lowest BCUT2D eigenvalue weighted by Crippen LogP contribution is -1.90. The lowest BCUT2D eigenvalue weighted by Gasteiger charge is -2.02. The molecular formula is C10H10O3. The van der Waals surface area contributed by atoms with Crippen LogP contribution in [0.5, 0.6) is 11.5 Å². The molecule has 0 spiro atoms. The molecule has 0 saturated carbocycles. The van der Waals surface area contributed by atoms with Gasteiger partial charge < -0.3 is 14.3 Å². The average molecular weight is 178 g/mol. The first-order chi connectivity index (χ1) is 6.33. The zero-order chi connectivity index (χ0) is 9.26. The van der Waals surface area contributed by atoms with Crippen LogP contribution in [0.4, 0.5) is 0 Å². The topological polar surface area (TPSA) is 42.6 Å². The first-order valence-electron chi connectivity index (χ1n) is 4.15. The standard InChI is InChI=1S/C10H10O3/c1-2-12-8-4-3-5-9-10(8)7(11)6-13-9/h3-6,11H,2H2,1H3. The van der Waals surface area contributed by atoms with E-state index in [2.05, 4.69) is 0 Å². The predicted octanol–water partition coefficient (Wildman–Crippen LogP) is 2.54. The van der Waals surface area contributed by atoms with Crippen molar-refractivity contribution in [2.75, 3.05) is 6.61 Å². The van der Waals surface area contributed by atoms with Gasteiger partial charge in [-0.1, -0.05) is 6.07 Å². The van der Waals surface area contributed by atoms with Crippen molar-refractivity contribution in [3.63, 3.8) is 0 Å². The number of benzene rings is 1. The van der Waals surface area contributed by atoms with Gasteiger partial charge in [0.1, 0.15) is 23.0 Å². The van der Waals surface area contributed by atoms with Crippen LogP contribution in [0.2, 0.25) is 0 Å². The maximum Gasteiger partial charge on any atom is 0.165 e. The molecule has 0 amide bonds. The van der Waals surface area contributed by atoms with E-state index in [0.717, 1.165) is 0 Å². The molecule has 1 heterocycles. The molecule has 68 valence electrons. The molecule has 2 aromatic rings. The highest BCUT2D eigenvalue weighted by Gasteiger charge is 2.09. The van der Waals surface area contributed by atoms with E-state index in [0.29, 0.717) is 23.3 Å². The highest BCUT2D eigenvalue weighted by molar-refractivity contribution is 5.89. The van der Waals surface area contributed by atoms with Gasteiger partial charge in [-0.2, -0.15) is 0 Å². The van der Waals surface area contributed by atoms with Crippen LogP contribution >= 0.6 is 0 Å². The predicted molar refractivity (Wildman–Crippen MR) is 49.0 cm³/mol. The van der Waals surface area contributed by atoms with E-state index >= 15 is 0 Å². The molecule has 3 heteroatoms. The first-order valence-corrected chi connectivity index (χ1v) is 4.15. The van der Waals surface area contributed by atoms with Crippen molar-refractivity contribution in [3.05, 3.63) is 24.5 Å². The van der Waals surface area contributed by atoms with Crippen LogP contribution in [0.15, 0.2) is 28.9 Å². The van der Waals surface area contributed by atoms with E-state index in [4.69, 9.17) is 9.15 Å². The van der Waals surface area contributed by atoms with E-state index in [9.17, 15) is 5.11 Å². The van der Waals surface area contributed by atoms with Gasteiger partial charge >= 0.3 is 0 Å². The Morgan fingerprint density at radius 1 is 1.46 bits per heavy atom. The maximum absolute atomic E-state index is 9.44. The molecule has 13 heavy (non-hydrogen) atoms. The van der Waals surface area contributed by atoms with Gasteiger partial charge in [0, 0.05) is 0 Å². The minimum atomic E-state index is 0.124. The Kier molecular flexibility index (Phi) is 1.85. The van der Waals surface area contributed by atoms with Crippen molar-refractivity contribution in [2.24, 2.45) is 0 Å². The molecule has 0 aliphatic carbocycles. The number of rotatable bonds is 2. The normalized spacial score (nSPS) is 10.5. The number of fused-ring (bicyclic) bond motifs is 1. The van der Waals surface area contributed by atoms with Crippen LogP contribution in [0, 0.1) is 0 Å². The Bertz CT molecular complexity index is 417. The molecule has 0 radical (unpaired) electrons. The third-order valence-electron chi connectivity index (χ3n) is 1.84. The molecule has 0 atom stereocenters. The summed E-state index contributed by atoms with van der Waals surface area (Å²) in [5.41, 5.74) is 0.642. The first kappa shape index (κ1) is 7.98. The summed E-state index contributed by atoms with van der Waals surface area (Å²) < 4.78 is 10.4. The highest BCUT2D eigenvalue weighted by atomic mass is 16.5. The average Bonchev–Trinajstić information content (AvgIpc) is 2.50. The Morgan fingerprint density at radius 3 is 3.08 bits per heavy atom. The Labute approximate surface area is 75.5 Å². The van der Waals surface area contributed by atoms with Crippen LogP contribution in [-0.2, 0) is 0 Å². The van der Waals surface area contributed by atoms with Gasteiger partial charge in [-0.25, -0.2) is 0 Å². The largest absolute Gasteiger partial charge is 0.504 e. The van der Waals surface area contributed by atoms with Gasteiger partial charge in [0.05, 0.1) is 6.61 Å². The van der Waals surface area contributed by atoms with Gasteiger partial charge in [-0.05, 0) is 19.1 Å². The summed E-state index contributed by atoms with van der Waals surface area (Å²) in [6, 6.07) is 5.43. The molecule has 1 aromatic heterocycles. The molecule has 0 bridgehead atoms. The summed E-state index contributed by atoms with van der Waals surface area (Å²) in [5, 5.41) is 10.1. The van der Waals surface area contributed by atoms with Crippen molar-refractivity contribution < 1.29 is 14.3 Å². The number of ether oxygens (including phenoxy) is 1. The van der Waals surface area contributed by atoms with Crippen molar-refractivity contribution >= 4 is 11.0 Å². The van der Waals surface area contributed by atoms with Gasteiger partial charge in [0.25, 0.3) is 0 Å². The third-order valence-corrected chi connectivity index (χ3v) is 1.84. The summed E-state index contributed by atoms with van der Waals surface area (Å²) >= 11 is 0. The van der Waals surface area contributed by atoms with Crippen molar-refractivity contribution in [3.8, 4) is 11.5 Å². The summed E-state index contributed by atoms with van der Waals surface area (Å²) in [4.78, 5) is 0. The molecule has 0 aliphatic rings. The summed E-state index contributed by atoms with van der Waals surface area (Å²) in [5.74, 6) is 0.783. The SMILES string of the molecule is CCOc1cccc2occ(O)c12. The summed E-state index contributed by atoms with van der Waals surface area (Å²) in [6.45, 7) is 2.47. The molecule has 1 aromatic carbocycles. The van der Waals surface area contributed by atoms with E-state index < -0.39 is 0 Å². The second-order valence-corrected chi connectivity index (χ2v) is 2.68. The molecular weight excluding hydrogens is 168 g/mol. The third kappa shape index (κ3) is 1.22. The number of furan rings is 1. The van der Waals surface area contributed by atoms with E-state index in [1.165, 1.54) is 6.26 Å². The molecule has 0 fully saturated rings. The zero-order valence-electron chi connectivity index (χ0n) is 7.28. The second kappa shape index (κ2) is 3.01. The minimum Gasteiger partial charge on any atom is -0.504 e. The summed E-state index contributed by atoms with van der Waals surface area (Å²) in [7, 11) is 0. The summed E-state index contributed by atoms with van der Waals surface area (Å²) in [6.07, 6.45) is 1.31. The van der Waals surface area contributed by atoms with E-state index in [1.807, 2.05) is 13.0 Å². The van der Waals surface area contributed by atoms with Gasteiger partial charge in [-0.15, -0.1) is 0 Å². The van der Waals surface area contributed by atoms with Crippen molar-refractivity contribution in [2.45, 2.75) is 6.92 Å². The van der Waals surface area contributed by atoms with Gasteiger partial charge in [0.2, 0.25) is 0 Å². The molecule has 0 unspecified atom stereocenters. The molecule has 2 rings (SSSR count).